The van der Waals surface area contributed by atoms with E-state index in [0.29, 0.717) is 22.6 Å². The number of aromatic nitrogens is 3. The van der Waals surface area contributed by atoms with E-state index in [1.165, 1.54) is 17.0 Å². The second-order valence-corrected chi connectivity index (χ2v) is 7.63. The van der Waals surface area contributed by atoms with Gasteiger partial charge in [-0.3, -0.25) is 4.79 Å². The lowest BCUT2D eigenvalue weighted by Crippen LogP contribution is -2.22. The average molecular weight is 453 g/mol. The third-order valence-electron chi connectivity index (χ3n) is 4.55. The maximum Gasteiger partial charge on any atom is 0.416 e. The van der Waals surface area contributed by atoms with Crippen molar-refractivity contribution < 1.29 is 18.0 Å². The Hall–Kier alpha value is -3.14. The molecular weight excluding hydrogens is 433 g/mol. The molecule has 0 bridgehead atoms. The highest BCUT2D eigenvalue weighted by molar-refractivity contribution is 6.33. The van der Waals surface area contributed by atoms with Crippen LogP contribution in [0.25, 0.3) is 11.0 Å². The van der Waals surface area contributed by atoms with E-state index in [0.717, 1.165) is 12.1 Å². The summed E-state index contributed by atoms with van der Waals surface area (Å²) in [5.41, 5.74) is 5.57. The van der Waals surface area contributed by atoms with Crippen molar-refractivity contribution in [3.8, 4) is 0 Å². The van der Waals surface area contributed by atoms with Crippen LogP contribution in [-0.4, -0.2) is 39.9 Å². The molecule has 7 nitrogen and oxygen atoms in total. The van der Waals surface area contributed by atoms with Gasteiger partial charge in [-0.15, -0.1) is 0 Å². The van der Waals surface area contributed by atoms with Crippen LogP contribution >= 0.6 is 11.6 Å². The predicted molar refractivity (Wildman–Crippen MR) is 113 cm³/mol. The molecule has 0 unspecified atom stereocenters. The molecule has 0 radical (unpaired) electrons. The lowest BCUT2D eigenvalue weighted by atomic mass is 10.0. The summed E-state index contributed by atoms with van der Waals surface area (Å²) in [4.78, 5) is 26.6. The molecule has 2 aromatic heterocycles. The molecule has 3 N–H and O–H groups in total. The van der Waals surface area contributed by atoms with Crippen molar-refractivity contribution in [1.29, 1.82) is 0 Å². The lowest BCUT2D eigenvalue weighted by Gasteiger charge is -2.19. The fourth-order valence-electron chi connectivity index (χ4n) is 3.02. The summed E-state index contributed by atoms with van der Waals surface area (Å²) in [5.74, 6) is 0.327. The number of hydrogen-bond donors (Lipinski definition) is 2. The van der Waals surface area contributed by atoms with Gasteiger partial charge in [0.05, 0.1) is 22.6 Å². The Kier molecular flexibility index (Phi) is 5.95. The van der Waals surface area contributed by atoms with Crippen LogP contribution in [0.15, 0.2) is 24.3 Å². The van der Waals surface area contributed by atoms with Crippen molar-refractivity contribution in [2.75, 3.05) is 25.1 Å². The minimum Gasteiger partial charge on any atom is -0.399 e. The summed E-state index contributed by atoms with van der Waals surface area (Å²) < 4.78 is 39.5. The van der Waals surface area contributed by atoms with Crippen molar-refractivity contribution in [2.24, 2.45) is 0 Å². The third-order valence-corrected chi connectivity index (χ3v) is 4.84. The van der Waals surface area contributed by atoms with Crippen molar-refractivity contribution in [3.05, 3.63) is 51.9 Å². The number of amides is 1. The highest BCUT2D eigenvalue weighted by Crippen LogP contribution is 2.34. The van der Waals surface area contributed by atoms with Crippen molar-refractivity contribution in [1.82, 2.24) is 19.9 Å². The normalized spacial score (nSPS) is 12.6. The number of carbonyl (C=O) groups excluding carboxylic acids is 1. The summed E-state index contributed by atoms with van der Waals surface area (Å²) in [7, 11) is 3.15. The smallest absolute Gasteiger partial charge is 0.399 e. The first-order chi connectivity index (χ1) is 14.4. The predicted octanol–water partition coefficient (Wildman–Crippen LogP) is 4.46. The van der Waals surface area contributed by atoms with Crippen LogP contribution in [0.2, 0.25) is 5.15 Å². The number of carbonyl (C=O) groups is 1. The fraction of sp³-hybridized carbons (Fsp3) is 0.300. The molecule has 0 spiro atoms. The number of nitrogen functional groups attached to an aromatic ring is 1. The largest absolute Gasteiger partial charge is 0.416 e. The number of nitrogens with one attached hydrogen (secondary N) is 1. The number of hydrogen-bond acceptors (Lipinski definition) is 6. The Morgan fingerprint density at radius 2 is 1.84 bits per heavy atom. The number of nitrogens with zero attached hydrogens (tertiary/aromatic N) is 4. The van der Waals surface area contributed by atoms with E-state index < -0.39 is 17.8 Å². The second kappa shape index (κ2) is 8.18. The van der Waals surface area contributed by atoms with Crippen LogP contribution in [0.1, 0.15) is 40.3 Å². The third kappa shape index (κ3) is 4.79. The highest BCUT2D eigenvalue weighted by Gasteiger charge is 2.31. The Balaban J connectivity index is 2.08. The van der Waals surface area contributed by atoms with Crippen LogP contribution in [0.3, 0.4) is 0 Å². The number of halogens is 4. The molecule has 0 saturated carbocycles. The van der Waals surface area contributed by atoms with Crippen LogP contribution in [0.5, 0.6) is 0 Å². The summed E-state index contributed by atoms with van der Waals surface area (Å²) in [6.45, 7) is 3.32. The first-order valence-electron chi connectivity index (χ1n) is 9.17. The summed E-state index contributed by atoms with van der Waals surface area (Å²) in [6, 6.07) is 4.29. The fourth-order valence-corrected chi connectivity index (χ4v) is 3.24. The molecule has 31 heavy (non-hydrogen) atoms. The van der Waals surface area contributed by atoms with Crippen molar-refractivity contribution in [2.45, 2.75) is 26.1 Å². The monoisotopic (exact) mass is 452 g/mol. The summed E-state index contributed by atoms with van der Waals surface area (Å²) in [6.07, 6.45) is -4.52. The van der Waals surface area contributed by atoms with E-state index in [2.05, 4.69) is 20.3 Å². The van der Waals surface area contributed by atoms with Gasteiger partial charge in [0, 0.05) is 19.8 Å². The van der Waals surface area contributed by atoms with E-state index in [-0.39, 0.29) is 28.0 Å². The van der Waals surface area contributed by atoms with Gasteiger partial charge in [0.15, 0.2) is 5.65 Å². The minimum absolute atomic E-state index is 0.00508. The number of anilines is 2. The number of benzene rings is 1. The molecule has 2 heterocycles. The van der Waals surface area contributed by atoms with E-state index in [1.807, 2.05) is 0 Å². The number of fused-ring (bicyclic) bond motifs is 1. The SMILES string of the molecule is Cc1nc(N[C@H](C)c2cc(N)cc(C(F)(F)F)c2)c2cc(C(=O)N(C)C)c(Cl)nc2n1. The molecule has 164 valence electrons. The Morgan fingerprint density at radius 1 is 1.16 bits per heavy atom. The number of alkyl halides is 3. The molecule has 3 rings (SSSR count). The molecule has 1 atom stereocenters. The first-order valence-corrected chi connectivity index (χ1v) is 9.55. The zero-order valence-corrected chi connectivity index (χ0v) is 17.9. The van der Waals surface area contributed by atoms with Crippen LogP contribution in [-0.2, 0) is 6.18 Å². The molecule has 0 aliphatic rings. The molecule has 0 aliphatic carbocycles. The van der Waals surface area contributed by atoms with E-state index in [9.17, 15) is 18.0 Å². The number of pyridine rings is 1. The second-order valence-electron chi connectivity index (χ2n) is 7.27. The molecule has 11 heteroatoms. The van der Waals surface area contributed by atoms with E-state index >= 15 is 0 Å². The maximum absolute atomic E-state index is 13.2. The van der Waals surface area contributed by atoms with Gasteiger partial charge >= 0.3 is 6.18 Å². The molecule has 0 fully saturated rings. The summed E-state index contributed by atoms with van der Waals surface area (Å²) in [5, 5.41) is 3.48. The molecule has 3 aromatic rings. The van der Waals surface area contributed by atoms with Gasteiger partial charge in [-0.1, -0.05) is 11.6 Å². The Morgan fingerprint density at radius 3 is 2.45 bits per heavy atom. The number of nitrogens with two attached hydrogens (primary N) is 1. The van der Waals surface area contributed by atoms with E-state index in [4.69, 9.17) is 17.3 Å². The standard InChI is InChI=1S/C20H20ClF3N6O/c1-9(11-5-12(20(22,23)24)7-13(25)6-11)26-17-15-8-14(19(31)30(3)4)16(21)29-18(15)28-10(2)27-17/h5-9H,25H2,1-4H3,(H,26,27,28,29)/t9-/m1/s1. The van der Waals surface area contributed by atoms with Gasteiger partial charge in [0.2, 0.25) is 0 Å². The molecule has 1 amide bonds. The Labute approximate surface area is 181 Å². The minimum atomic E-state index is -4.52. The number of aryl methyl sites for hydroxylation is 1. The maximum atomic E-state index is 13.2. The highest BCUT2D eigenvalue weighted by atomic mass is 35.5. The van der Waals surface area contributed by atoms with Crippen molar-refractivity contribution >= 4 is 40.0 Å². The lowest BCUT2D eigenvalue weighted by molar-refractivity contribution is -0.137. The van der Waals surface area contributed by atoms with Crippen LogP contribution < -0.4 is 11.1 Å². The topological polar surface area (TPSA) is 97.0 Å². The van der Waals surface area contributed by atoms with Crippen LogP contribution in [0.4, 0.5) is 24.7 Å². The quantitative estimate of drug-likeness (QED) is 0.448. The number of rotatable bonds is 4. The van der Waals surface area contributed by atoms with Gasteiger partial charge < -0.3 is 16.0 Å². The van der Waals surface area contributed by atoms with Gasteiger partial charge in [-0.2, -0.15) is 13.2 Å². The van der Waals surface area contributed by atoms with Gasteiger partial charge in [-0.05, 0) is 43.7 Å². The zero-order valence-electron chi connectivity index (χ0n) is 17.2. The van der Waals surface area contributed by atoms with Gasteiger partial charge in [0.1, 0.15) is 16.8 Å². The Bertz CT molecular complexity index is 1170. The summed E-state index contributed by atoms with van der Waals surface area (Å²) >= 11 is 6.17. The molecule has 0 aliphatic heterocycles. The van der Waals surface area contributed by atoms with Crippen molar-refractivity contribution in [3.63, 3.8) is 0 Å². The molecular formula is C20H20ClF3N6O. The van der Waals surface area contributed by atoms with Gasteiger partial charge in [0.25, 0.3) is 5.91 Å². The van der Waals surface area contributed by atoms with Crippen LogP contribution in [0, 0.1) is 6.92 Å². The van der Waals surface area contributed by atoms with E-state index in [1.54, 1.807) is 27.9 Å². The molecule has 1 aromatic carbocycles. The first kappa shape index (κ1) is 22.5. The molecule has 0 saturated heterocycles. The zero-order chi connectivity index (χ0) is 23.1. The average Bonchev–Trinajstić information content (AvgIpc) is 2.65. The van der Waals surface area contributed by atoms with Gasteiger partial charge in [-0.25, -0.2) is 15.0 Å².